The first-order chi connectivity index (χ1) is 12.1. The number of nitro groups is 1. The van der Waals surface area contributed by atoms with E-state index in [1.165, 1.54) is 12.1 Å². The summed E-state index contributed by atoms with van der Waals surface area (Å²) in [5.41, 5.74) is 1.95. The molecule has 1 aromatic heterocycles. The quantitative estimate of drug-likeness (QED) is 0.220. The Hall–Kier alpha value is -3.10. The molecule has 2 aromatic rings. The third-order valence-electron chi connectivity index (χ3n) is 3.49. The summed E-state index contributed by atoms with van der Waals surface area (Å²) >= 11 is 0. The zero-order valence-corrected chi connectivity index (χ0v) is 14.4. The van der Waals surface area contributed by atoms with Crippen molar-refractivity contribution in [1.82, 2.24) is 20.4 Å². The lowest BCUT2D eigenvalue weighted by molar-refractivity contribution is -0.384. The number of non-ortho nitro benzene ring substituents is 1. The highest BCUT2D eigenvalue weighted by Crippen LogP contribution is 2.14. The second-order valence-corrected chi connectivity index (χ2v) is 5.30. The van der Waals surface area contributed by atoms with Crippen LogP contribution in [-0.4, -0.2) is 40.3 Å². The zero-order chi connectivity index (χ0) is 18.1. The van der Waals surface area contributed by atoms with Crippen LogP contribution in [0.15, 0.2) is 41.5 Å². The van der Waals surface area contributed by atoms with Crippen LogP contribution in [0.3, 0.4) is 0 Å². The van der Waals surface area contributed by atoms with Crippen LogP contribution < -0.4 is 16.0 Å². The highest BCUT2D eigenvalue weighted by Gasteiger charge is 2.03. The highest BCUT2D eigenvalue weighted by atomic mass is 16.6. The lowest BCUT2D eigenvalue weighted by Gasteiger charge is -2.12. The fourth-order valence-electron chi connectivity index (χ4n) is 2.15. The molecular weight excluding hydrogens is 322 g/mol. The van der Waals surface area contributed by atoms with Crippen molar-refractivity contribution in [3.8, 4) is 0 Å². The van der Waals surface area contributed by atoms with E-state index in [9.17, 15) is 10.1 Å². The van der Waals surface area contributed by atoms with E-state index in [4.69, 9.17) is 0 Å². The van der Waals surface area contributed by atoms with Crippen LogP contribution in [0.4, 0.5) is 11.4 Å². The smallest absolute Gasteiger partial charge is 0.269 e. The molecule has 1 aromatic carbocycles. The molecule has 0 atom stereocenters. The van der Waals surface area contributed by atoms with E-state index >= 15 is 0 Å². The summed E-state index contributed by atoms with van der Waals surface area (Å²) < 4.78 is 1.79. The number of anilines is 1. The minimum Gasteiger partial charge on any atom is -0.383 e. The van der Waals surface area contributed by atoms with Gasteiger partial charge < -0.3 is 16.0 Å². The topological polar surface area (TPSA) is 109 Å². The lowest BCUT2D eigenvalue weighted by Crippen LogP contribution is -2.39. The van der Waals surface area contributed by atoms with Gasteiger partial charge in [0, 0.05) is 50.7 Å². The summed E-state index contributed by atoms with van der Waals surface area (Å²) in [6.45, 7) is 4.65. The lowest BCUT2D eigenvalue weighted by atomic mass is 10.3. The Morgan fingerprint density at radius 1 is 1.24 bits per heavy atom. The van der Waals surface area contributed by atoms with Crippen LogP contribution in [0.5, 0.6) is 0 Å². The number of guanidine groups is 1. The summed E-state index contributed by atoms with van der Waals surface area (Å²) in [6.07, 6.45) is 1.75. The third kappa shape index (κ3) is 5.79. The molecule has 9 heteroatoms. The molecule has 25 heavy (non-hydrogen) atoms. The van der Waals surface area contributed by atoms with Gasteiger partial charge in [0.2, 0.25) is 0 Å². The molecule has 0 saturated carbocycles. The predicted octanol–water partition coefficient (Wildman–Crippen LogP) is 1.50. The van der Waals surface area contributed by atoms with E-state index in [-0.39, 0.29) is 5.69 Å². The maximum Gasteiger partial charge on any atom is 0.269 e. The van der Waals surface area contributed by atoms with E-state index < -0.39 is 4.92 Å². The molecule has 0 fully saturated rings. The fraction of sp³-hybridized carbons (Fsp3) is 0.375. The molecule has 3 N–H and O–H groups in total. The second-order valence-electron chi connectivity index (χ2n) is 5.30. The SMILES string of the molecule is CCNC(=NCc1ccnn1C)NCCNc1ccc([N+](=O)[O-])cc1. The molecule has 9 nitrogen and oxygen atoms in total. The van der Waals surface area contributed by atoms with Gasteiger partial charge in [-0.1, -0.05) is 0 Å². The van der Waals surface area contributed by atoms with Crippen LogP contribution >= 0.6 is 0 Å². The summed E-state index contributed by atoms with van der Waals surface area (Å²) in [7, 11) is 1.89. The maximum atomic E-state index is 10.6. The van der Waals surface area contributed by atoms with Crippen LogP contribution in [0.2, 0.25) is 0 Å². The molecule has 0 spiro atoms. The first kappa shape index (κ1) is 18.2. The van der Waals surface area contributed by atoms with E-state index in [1.54, 1.807) is 23.0 Å². The van der Waals surface area contributed by atoms with Crippen molar-refractivity contribution in [2.24, 2.45) is 12.0 Å². The van der Waals surface area contributed by atoms with E-state index in [0.29, 0.717) is 19.6 Å². The van der Waals surface area contributed by atoms with Gasteiger partial charge in [-0.3, -0.25) is 14.8 Å². The standard InChI is InChI=1S/C16H23N7O2/c1-3-17-16(20-12-15-8-9-21-22(15)2)19-11-10-18-13-4-6-14(7-5-13)23(24)25/h4-9,18H,3,10-12H2,1-2H3,(H2,17,19,20). The van der Waals surface area contributed by atoms with Crippen LogP contribution in [-0.2, 0) is 13.6 Å². The minimum absolute atomic E-state index is 0.0837. The molecule has 2 rings (SSSR count). The van der Waals surface area contributed by atoms with Crippen molar-refractivity contribution >= 4 is 17.3 Å². The molecule has 0 aliphatic carbocycles. The van der Waals surface area contributed by atoms with Gasteiger partial charge in [-0.15, -0.1) is 0 Å². The second kappa shape index (κ2) is 9.26. The Bertz CT molecular complexity index is 710. The first-order valence-electron chi connectivity index (χ1n) is 8.07. The van der Waals surface area contributed by atoms with E-state index in [2.05, 4.69) is 26.0 Å². The molecule has 0 aliphatic heterocycles. The van der Waals surface area contributed by atoms with Gasteiger partial charge in [-0.25, -0.2) is 4.99 Å². The number of aromatic nitrogens is 2. The molecule has 0 amide bonds. The van der Waals surface area contributed by atoms with Gasteiger partial charge in [-0.05, 0) is 25.1 Å². The number of nitrogens with zero attached hydrogens (tertiary/aromatic N) is 4. The van der Waals surface area contributed by atoms with Gasteiger partial charge >= 0.3 is 0 Å². The molecular formula is C16H23N7O2. The Morgan fingerprint density at radius 2 is 2.00 bits per heavy atom. The first-order valence-corrected chi connectivity index (χ1v) is 8.07. The van der Waals surface area contributed by atoms with Crippen molar-refractivity contribution < 1.29 is 4.92 Å². The Labute approximate surface area is 146 Å². The van der Waals surface area contributed by atoms with Gasteiger partial charge in [0.25, 0.3) is 5.69 Å². The predicted molar refractivity (Wildman–Crippen MR) is 97.6 cm³/mol. The summed E-state index contributed by atoms with van der Waals surface area (Å²) in [5.74, 6) is 0.731. The number of aliphatic imine (C=N–C) groups is 1. The number of hydrogen-bond acceptors (Lipinski definition) is 5. The Morgan fingerprint density at radius 3 is 2.60 bits per heavy atom. The Balaban J connectivity index is 1.78. The van der Waals surface area contributed by atoms with E-state index in [1.807, 2.05) is 20.0 Å². The number of nitro benzene ring substituents is 1. The molecule has 0 radical (unpaired) electrons. The van der Waals surface area contributed by atoms with E-state index in [0.717, 1.165) is 23.9 Å². The molecule has 0 unspecified atom stereocenters. The number of hydrogen-bond donors (Lipinski definition) is 3. The molecule has 0 saturated heterocycles. The number of aryl methyl sites for hydroxylation is 1. The van der Waals surface area contributed by atoms with Crippen molar-refractivity contribution in [2.75, 3.05) is 25.0 Å². The number of benzene rings is 1. The molecule has 0 aliphatic rings. The minimum atomic E-state index is -0.410. The van der Waals surface area contributed by atoms with Gasteiger partial charge in [0.1, 0.15) is 0 Å². The largest absolute Gasteiger partial charge is 0.383 e. The normalized spacial score (nSPS) is 11.2. The average molecular weight is 345 g/mol. The third-order valence-corrected chi connectivity index (χ3v) is 3.49. The van der Waals surface area contributed by atoms with Gasteiger partial charge in [0.05, 0.1) is 17.2 Å². The fourth-order valence-corrected chi connectivity index (χ4v) is 2.15. The van der Waals surface area contributed by atoms with Gasteiger partial charge in [0.15, 0.2) is 5.96 Å². The maximum absolute atomic E-state index is 10.6. The average Bonchev–Trinajstić information content (AvgIpc) is 3.02. The highest BCUT2D eigenvalue weighted by molar-refractivity contribution is 5.79. The van der Waals surface area contributed by atoms with Crippen LogP contribution in [0.1, 0.15) is 12.6 Å². The Kier molecular flexibility index (Phi) is 6.76. The summed E-state index contributed by atoms with van der Waals surface area (Å²) in [6, 6.07) is 8.28. The molecule has 134 valence electrons. The monoisotopic (exact) mass is 345 g/mol. The van der Waals surface area contributed by atoms with Crippen LogP contribution in [0, 0.1) is 10.1 Å². The van der Waals surface area contributed by atoms with Crippen molar-refractivity contribution in [2.45, 2.75) is 13.5 Å². The zero-order valence-electron chi connectivity index (χ0n) is 14.4. The number of rotatable bonds is 8. The summed E-state index contributed by atoms with van der Waals surface area (Å²) in [5, 5.41) is 24.4. The van der Waals surface area contributed by atoms with Crippen molar-refractivity contribution in [3.63, 3.8) is 0 Å². The molecule has 1 heterocycles. The number of nitrogens with one attached hydrogen (secondary N) is 3. The summed E-state index contributed by atoms with van der Waals surface area (Å²) in [4.78, 5) is 14.7. The van der Waals surface area contributed by atoms with Gasteiger partial charge in [-0.2, -0.15) is 5.10 Å². The molecule has 0 bridgehead atoms. The van der Waals surface area contributed by atoms with Crippen molar-refractivity contribution in [1.29, 1.82) is 0 Å². The van der Waals surface area contributed by atoms with Crippen LogP contribution in [0.25, 0.3) is 0 Å². The van der Waals surface area contributed by atoms with Crippen molar-refractivity contribution in [3.05, 3.63) is 52.3 Å².